The van der Waals surface area contributed by atoms with E-state index in [9.17, 15) is 28.8 Å². The molecule has 2 N–H and O–H groups in total. The molecule has 2 aliphatic carbocycles. The molecule has 1 saturated carbocycles. The second-order valence-corrected chi connectivity index (χ2v) is 8.58. The molecule has 38 heavy (non-hydrogen) atoms. The van der Waals surface area contributed by atoms with E-state index in [-0.39, 0.29) is 139 Å². The molecular formula is C27H30KNO9-2. The molecule has 2 saturated heterocycles. The van der Waals surface area contributed by atoms with Gasteiger partial charge in [0.15, 0.2) is 11.6 Å². The minimum absolute atomic E-state index is 0. The van der Waals surface area contributed by atoms with E-state index >= 15 is 0 Å². The Bertz CT molecular complexity index is 1020. The van der Waals surface area contributed by atoms with Gasteiger partial charge in [0.25, 0.3) is 0 Å². The van der Waals surface area contributed by atoms with E-state index in [0.717, 1.165) is 0 Å². The Morgan fingerprint density at radius 1 is 0.684 bits per heavy atom. The molecule has 3 fully saturated rings. The van der Waals surface area contributed by atoms with Gasteiger partial charge >= 0.3 is 51.4 Å². The Labute approximate surface area is 264 Å². The number of rotatable bonds is 2. The summed E-state index contributed by atoms with van der Waals surface area (Å²) in [6, 6.07) is 3.67. The second kappa shape index (κ2) is 15.6. The van der Waals surface area contributed by atoms with Crippen LogP contribution in [0, 0.1) is 23.7 Å². The molecule has 0 aromatic carbocycles. The van der Waals surface area contributed by atoms with Crippen LogP contribution in [0.3, 0.4) is 0 Å². The number of furan rings is 1. The molecule has 6 aliphatic rings. The number of carbonyl (C=O) groups is 4. The van der Waals surface area contributed by atoms with Crippen LogP contribution in [0.2, 0.25) is 0 Å². The first-order valence-electron chi connectivity index (χ1n) is 11.1. The van der Waals surface area contributed by atoms with Crippen LogP contribution in [0.5, 0.6) is 0 Å². The second-order valence-electron chi connectivity index (χ2n) is 8.58. The van der Waals surface area contributed by atoms with E-state index in [1.54, 1.807) is 24.7 Å². The maximum Gasteiger partial charge on any atom is 1.00 e. The minimum atomic E-state index is -0.428. The molecule has 8 atom stereocenters. The topological polar surface area (TPSA) is 168 Å². The number of ether oxygens (including phenoxy) is 2. The van der Waals surface area contributed by atoms with Gasteiger partial charge < -0.3 is 29.6 Å². The first-order valence-corrected chi connectivity index (χ1v) is 11.1. The van der Waals surface area contributed by atoms with Crippen molar-refractivity contribution in [1.82, 2.24) is 0 Å². The number of carbonyl (C=O) groups excluding carboxylic acids is 6. The van der Waals surface area contributed by atoms with Crippen LogP contribution in [0.15, 0.2) is 65.5 Å². The summed E-state index contributed by atoms with van der Waals surface area (Å²) in [6.45, 7) is 0. The third kappa shape index (κ3) is 7.57. The molecule has 10 nitrogen and oxygen atoms in total. The summed E-state index contributed by atoms with van der Waals surface area (Å²) >= 11 is 0. The predicted molar refractivity (Wildman–Crippen MR) is 132 cm³/mol. The summed E-state index contributed by atoms with van der Waals surface area (Å²) < 4.78 is 15.3. The number of allylic oxidation sites excluding steroid dienone is 2. The molecule has 4 bridgehead atoms. The Morgan fingerprint density at radius 3 is 1.39 bits per heavy atom. The molecule has 1 aromatic heterocycles. The summed E-state index contributed by atoms with van der Waals surface area (Å²) in [6.07, 6.45) is 16.4. The van der Waals surface area contributed by atoms with Crippen molar-refractivity contribution in [1.29, 1.82) is 0 Å². The fraction of sp³-hybridized carbons (Fsp3) is 0.407. The maximum atomic E-state index is 11.3. The van der Waals surface area contributed by atoms with Crippen LogP contribution >= 0.6 is 0 Å². The number of hydrogen-bond acceptors (Lipinski definition) is 9. The third-order valence-electron chi connectivity index (χ3n) is 6.39. The number of fused-ring (bicyclic) bond motifs is 7. The molecule has 8 unspecified atom stereocenters. The quantitative estimate of drug-likeness (QED) is 0.209. The van der Waals surface area contributed by atoms with E-state index in [2.05, 4.69) is 4.42 Å². The van der Waals surface area contributed by atoms with E-state index in [1.165, 1.54) is 12.2 Å². The van der Waals surface area contributed by atoms with E-state index in [4.69, 9.17) is 9.47 Å². The Balaban J connectivity index is 0.000000499. The number of Topliss-reactive ketones (excluding diaryl/α,β-unsaturated/α-hetero) is 2. The van der Waals surface area contributed by atoms with Gasteiger partial charge in [-0.05, 0) is 24.3 Å². The Hall–Kier alpha value is -1.96. The third-order valence-corrected chi connectivity index (χ3v) is 6.39. The summed E-state index contributed by atoms with van der Waals surface area (Å²) in [4.78, 5) is 63.6. The van der Waals surface area contributed by atoms with Crippen molar-refractivity contribution in [2.75, 3.05) is 0 Å². The van der Waals surface area contributed by atoms with E-state index < -0.39 is 11.8 Å². The van der Waals surface area contributed by atoms with Crippen LogP contribution in [0.4, 0.5) is 0 Å². The van der Waals surface area contributed by atoms with Crippen molar-refractivity contribution in [2.24, 2.45) is 23.7 Å². The van der Waals surface area contributed by atoms with E-state index in [0.29, 0.717) is 0 Å². The summed E-state index contributed by atoms with van der Waals surface area (Å²) in [7, 11) is 0. The summed E-state index contributed by atoms with van der Waals surface area (Å²) in [5, 5.41) is 0. The standard InChI is InChI=1S/C9H8O3.C8H6O3.C5H4O2.C4H4O.CH4.K.H2N.H2/c10-4-3-5(11)9-7-2-1-6(12-7)8(4)9;9-3-5-6(4-10)8-2-1-7(5)11-8;6-4-1-2-5(7)3-4;1-2-4-5-3-1;;;;/h1-2,6-9H,3H2;1-2,5-8H;1-2H,3H2;1-4H;1H4;;1H2;1H/q;-2;;;;+1;-1;/i;;;;;;;1+1. The van der Waals surface area contributed by atoms with Crippen molar-refractivity contribution >= 4 is 35.7 Å². The van der Waals surface area contributed by atoms with Crippen LogP contribution in [-0.2, 0) is 38.2 Å². The summed E-state index contributed by atoms with van der Waals surface area (Å²) in [5.41, 5.74) is 0. The van der Waals surface area contributed by atoms with Gasteiger partial charge in [-0.1, -0.05) is 31.7 Å². The van der Waals surface area contributed by atoms with Gasteiger partial charge in [0.05, 0.1) is 61.6 Å². The number of ketones is 4. The average Bonchev–Trinajstić information content (AvgIpc) is 3.69. The van der Waals surface area contributed by atoms with Crippen LogP contribution in [0.25, 0.3) is 6.15 Å². The molecule has 200 valence electrons. The average molecular weight is 553 g/mol. The van der Waals surface area contributed by atoms with E-state index in [1.807, 2.05) is 36.9 Å². The van der Waals surface area contributed by atoms with Gasteiger partial charge in [-0.2, -0.15) is 0 Å². The fourth-order valence-electron chi connectivity index (χ4n) is 4.77. The molecule has 1 aromatic rings. The molecule has 11 heteroatoms. The Morgan fingerprint density at radius 2 is 1.08 bits per heavy atom. The van der Waals surface area contributed by atoms with Crippen LogP contribution < -0.4 is 51.4 Å². The normalized spacial score (nSPS) is 33.4. The zero-order valence-corrected chi connectivity index (χ0v) is 23.2. The zero-order chi connectivity index (χ0) is 24.9. The molecular weight excluding hydrogens is 521 g/mol. The minimum Gasteiger partial charge on any atom is -0.693 e. The van der Waals surface area contributed by atoms with Crippen LogP contribution in [0.1, 0.15) is 21.7 Å². The van der Waals surface area contributed by atoms with Crippen LogP contribution in [-0.4, -0.2) is 60.1 Å². The van der Waals surface area contributed by atoms with Crippen molar-refractivity contribution in [3.63, 3.8) is 0 Å². The maximum absolute atomic E-state index is 11.3. The molecule has 5 heterocycles. The van der Waals surface area contributed by atoms with Gasteiger partial charge in [-0.15, -0.1) is 11.8 Å². The smallest absolute Gasteiger partial charge is 0.693 e. The first-order chi connectivity index (χ1) is 16.9. The number of hydrogen-bond donors (Lipinski definition) is 0. The zero-order valence-electron chi connectivity index (χ0n) is 20.1. The predicted octanol–water partition coefficient (Wildman–Crippen LogP) is -0.159. The van der Waals surface area contributed by atoms with Gasteiger partial charge in [0.2, 0.25) is 0 Å². The SMILES string of the molecule is C.O=C1C=CC(=O)C1.O=C1CC(=O)C2C3C=CC(O3)C12.O=[C-]C1C2C=CC(O2)C1[C-]=O.[2HH].[K+].[NH2-].c1ccoc1. The monoisotopic (exact) mass is 552 g/mol. The fourth-order valence-corrected chi connectivity index (χ4v) is 4.77. The van der Waals surface area contributed by atoms with Crippen molar-refractivity contribution < 1.29 is 95.5 Å². The molecule has 4 aliphatic heterocycles. The van der Waals surface area contributed by atoms with Gasteiger partial charge in [0, 0.05) is 1.43 Å². The van der Waals surface area contributed by atoms with Gasteiger partial charge in [-0.25, -0.2) is 0 Å². The summed E-state index contributed by atoms with van der Waals surface area (Å²) in [5.74, 6) is -1.16. The number of nitrogens with two attached hydrogens (primary N) is 1. The molecule has 0 radical (unpaired) electrons. The van der Waals surface area contributed by atoms with Gasteiger partial charge in [0.1, 0.15) is 11.6 Å². The Kier molecular flexibility index (Phi) is 14.0. The molecule has 0 spiro atoms. The van der Waals surface area contributed by atoms with Crippen molar-refractivity contribution in [3.8, 4) is 0 Å². The largest absolute Gasteiger partial charge is 1.00 e. The molecule has 7 rings (SSSR count). The first kappa shape index (κ1) is 34.1. The van der Waals surface area contributed by atoms with Crippen molar-refractivity contribution in [2.45, 2.75) is 44.7 Å². The van der Waals surface area contributed by atoms with Crippen molar-refractivity contribution in [3.05, 3.63) is 67.3 Å². The molecule has 0 amide bonds. The van der Waals surface area contributed by atoms with Gasteiger partial charge in [-0.3, -0.25) is 31.8 Å².